The van der Waals surface area contributed by atoms with E-state index in [1.807, 2.05) is 18.2 Å². The number of nitrogens with one attached hydrogen (secondary N) is 2. The second kappa shape index (κ2) is 6.68. The zero-order valence-corrected chi connectivity index (χ0v) is 11.4. The maximum Gasteiger partial charge on any atom is 0.254 e. The monoisotopic (exact) mass is 288 g/mol. The zero-order chi connectivity index (χ0) is 14.4. The first-order valence-electron chi connectivity index (χ1n) is 5.93. The Morgan fingerprint density at radius 3 is 2.65 bits per heavy atom. The Balaban J connectivity index is 2.07. The molecule has 0 aliphatic heterocycles. The Hall–Kier alpha value is -2.40. The van der Waals surface area contributed by atoms with E-state index in [4.69, 9.17) is 11.6 Å². The Labute approximate surface area is 121 Å². The van der Waals surface area contributed by atoms with Crippen LogP contribution in [-0.4, -0.2) is 22.4 Å². The number of hydrogen-bond acceptors (Lipinski definition) is 4. The first kappa shape index (κ1) is 14.0. The van der Waals surface area contributed by atoms with Crippen molar-refractivity contribution in [2.75, 3.05) is 11.9 Å². The molecule has 5 nitrogen and oxygen atoms in total. The summed E-state index contributed by atoms with van der Waals surface area (Å²) in [5.41, 5.74) is 1.09. The summed E-state index contributed by atoms with van der Waals surface area (Å²) in [4.78, 5) is 19.8. The first-order chi connectivity index (χ1) is 9.70. The molecular weight excluding hydrogens is 276 g/mol. The molecule has 2 aromatic rings. The van der Waals surface area contributed by atoms with E-state index in [1.165, 1.54) is 12.4 Å². The summed E-state index contributed by atoms with van der Waals surface area (Å²) in [5, 5.41) is 6.20. The molecule has 2 N–H and O–H groups in total. The van der Waals surface area contributed by atoms with Gasteiger partial charge in [0.2, 0.25) is 5.95 Å². The second-order valence-electron chi connectivity index (χ2n) is 3.90. The third-order valence-electron chi connectivity index (χ3n) is 2.44. The predicted molar refractivity (Wildman–Crippen MR) is 79.3 cm³/mol. The number of halogens is 1. The second-order valence-corrected chi connectivity index (χ2v) is 4.31. The first-order valence-corrected chi connectivity index (χ1v) is 6.31. The lowest BCUT2D eigenvalue weighted by molar-refractivity contribution is 0.0957. The summed E-state index contributed by atoms with van der Waals surface area (Å²) >= 11 is 6.02. The van der Waals surface area contributed by atoms with Gasteiger partial charge in [-0.05, 0) is 12.1 Å². The van der Waals surface area contributed by atoms with Crippen molar-refractivity contribution in [2.24, 2.45) is 0 Å². The van der Waals surface area contributed by atoms with Crippen LogP contribution in [0.3, 0.4) is 0 Å². The third-order valence-corrected chi connectivity index (χ3v) is 2.77. The number of aromatic nitrogens is 2. The molecule has 0 unspecified atom stereocenters. The number of anilines is 2. The predicted octanol–water partition coefficient (Wildman–Crippen LogP) is 2.79. The van der Waals surface area contributed by atoms with Gasteiger partial charge in [0.1, 0.15) is 0 Å². The molecule has 0 saturated carbocycles. The molecule has 0 atom stereocenters. The fraction of sp³-hybridized carbons (Fsp3) is 0.0714. The van der Waals surface area contributed by atoms with Crippen LogP contribution in [0.1, 0.15) is 10.4 Å². The van der Waals surface area contributed by atoms with Crippen LogP contribution < -0.4 is 10.6 Å². The van der Waals surface area contributed by atoms with E-state index >= 15 is 0 Å². The largest absolute Gasteiger partial charge is 0.348 e. The van der Waals surface area contributed by atoms with Gasteiger partial charge in [-0.15, -0.1) is 6.58 Å². The Morgan fingerprint density at radius 2 is 2.00 bits per heavy atom. The highest BCUT2D eigenvalue weighted by Gasteiger charge is 2.06. The molecular formula is C14H13ClN4O. The molecule has 20 heavy (non-hydrogen) atoms. The van der Waals surface area contributed by atoms with Crippen molar-refractivity contribution in [3.63, 3.8) is 0 Å². The molecule has 0 aliphatic carbocycles. The molecule has 0 fully saturated rings. The van der Waals surface area contributed by atoms with E-state index in [2.05, 4.69) is 27.2 Å². The zero-order valence-electron chi connectivity index (χ0n) is 10.6. The van der Waals surface area contributed by atoms with Gasteiger partial charge in [0.05, 0.1) is 16.3 Å². The average Bonchev–Trinajstić information content (AvgIpc) is 2.48. The minimum Gasteiger partial charge on any atom is -0.348 e. The lowest BCUT2D eigenvalue weighted by Crippen LogP contribution is -2.23. The summed E-state index contributed by atoms with van der Waals surface area (Å²) in [7, 11) is 0. The van der Waals surface area contributed by atoms with Crippen LogP contribution in [0.25, 0.3) is 0 Å². The maximum atomic E-state index is 11.6. The molecule has 6 heteroatoms. The van der Waals surface area contributed by atoms with Gasteiger partial charge in [0, 0.05) is 18.9 Å². The van der Waals surface area contributed by atoms with Crippen LogP contribution in [0.4, 0.5) is 11.6 Å². The summed E-state index contributed by atoms with van der Waals surface area (Å²) in [5.74, 6) is 0.132. The van der Waals surface area contributed by atoms with Crippen molar-refractivity contribution in [3.05, 3.63) is 59.9 Å². The van der Waals surface area contributed by atoms with E-state index in [0.29, 0.717) is 28.8 Å². The SMILES string of the molecule is C=CCNC(=O)c1cnc(Nc2ccccc2Cl)nc1. The lowest BCUT2D eigenvalue weighted by Gasteiger charge is -2.07. The summed E-state index contributed by atoms with van der Waals surface area (Å²) in [6.07, 6.45) is 4.50. The molecule has 1 aromatic carbocycles. The summed E-state index contributed by atoms with van der Waals surface area (Å²) in [6, 6.07) is 7.27. The minimum atomic E-state index is -0.241. The lowest BCUT2D eigenvalue weighted by atomic mass is 10.3. The van der Waals surface area contributed by atoms with Gasteiger partial charge in [-0.2, -0.15) is 0 Å². The number of carbonyl (C=O) groups excluding carboxylic acids is 1. The molecule has 0 aliphatic rings. The van der Waals surface area contributed by atoms with Gasteiger partial charge in [0.25, 0.3) is 5.91 Å². The number of carbonyl (C=O) groups is 1. The van der Waals surface area contributed by atoms with Crippen LogP contribution in [-0.2, 0) is 0 Å². The van der Waals surface area contributed by atoms with E-state index in [0.717, 1.165) is 0 Å². The van der Waals surface area contributed by atoms with Crippen molar-refractivity contribution in [3.8, 4) is 0 Å². The van der Waals surface area contributed by atoms with Gasteiger partial charge in [0.15, 0.2) is 0 Å². The molecule has 0 spiro atoms. The van der Waals surface area contributed by atoms with Crippen molar-refractivity contribution >= 4 is 29.1 Å². The van der Waals surface area contributed by atoms with Crippen molar-refractivity contribution in [2.45, 2.75) is 0 Å². The van der Waals surface area contributed by atoms with Crippen molar-refractivity contribution < 1.29 is 4.79 Å². The molecule has 0 radical (unpaired) electrons. The van der Waals surface area contributed by atoms with E-state index in [1.54, 1.807) is 12.1 Å². The van der Waals surface area contributed by atoms with E-state index in [9.17, 15) is 4.79 Å². The fourth-order valence-corrected chi connectivity index (χ4v) is 1.64. The third kappa shape index (κ3) is 3.55. The van der Waals surface area contributed by atoms with Crippen molar-refractivity contribution in [1.82, 2.24) is 15.3 Å². The number of benzene rings is 1. The van der Waals surface area contributed by atoms with Crippen LogP contribution in [0.5, 0.6) is 0 Å². The number of amides is 1. The fourth-order valence-electron chi connectivity index (χ4n) is 1.46. The summed E-state index contributed by atoms with van der Waals surface area (Å²) < 4.78 is 0. The quantitative estimate of drug-likeness (QED) is 0.830. The van der Waals surface area contributed by atoms with Crippen molar-refractivity contribution in [1.29, 1.82) is 0 Å². The highest BCUT2D eigenvalue weighted by Crippen LogP contribution is 2.22. The molecule has 1 heterocycles. The normalized spacial score (nSPS) is 9.85. The standard InChI is InChI=1S/C14H13ClN4O/c1-2-7-16-13(20)10-8-17-14(18-9-10)19-12-6-4-3-5-11(12)15/h2-6,8-9H,1,7H2,(H,16,20)(H,17,18,19). The molecule has 1 aromatic heterocycles. The van der Waals surface area contributed by atoms with Gasteiger partial charge >= 0.3 is 0 Å². The minimum absolute atomic E-state index is 0.241. The topological polar surface area (TPSA) is 66.9 Å². The molecule has 0 bridgehead atoms. The van der Waals surface area contributed by atoms with Crippen LogP contribution in [0.15, 0.2) is 49.3 Å². The number of nitrogens with zero attached hydrogens (tertiary/aromatic N) is 2. The van der Waals surface area contributed by atoms with E-state index < -0.39 is 0 Å². The maximum absolute atomic E-state index is 11.6. The molecule has 0 saturated heterocycles. The number of hydrogen-bond donors (Lipinski definition) is 2. The van der Waals surface area contributed by atoms with Crippen LogP contribution in [0, 0.1) is 0 Å². The Bertz CT molecular complexity index is 613. The van der Waals surface area contributed by atoms with E-state index in [-0.39, 0.29) is 5.91 Å². The average molecular weight is 289 g/mol. The molecule has 1 amide bonds. The van der Waals surface area contributed by atoms with Gasteiger partial charge in [-0.1, -0.05) is 29.8 Å². The Kier molecular flexibility index (Phi) is 4.68. The van der Waals surface area contributed by atoms with Crippen LogP contribution >= 0.6 is 11.6 Å². The smallest absolute Gasteiger partial charge is 0.254 e. The van der Waals surface area contributed by atoms with Gasteiger partial charge in [-0.25, -0.2) is 9.97 Å². The summed E-state index contributed by atoms with van der Waals surface area (Å²) in [6.45, 7) is 3.93. The number of para-hydroxylation sites is 1. The van der Waals surface area contributed by atoms with Gasteiger partial charge in [-0.3, -0.25) is 4.79 Å². The Morgan fingerprint density at radius 1 is 1.30 bits per heavy atom. The highest BCUT2D eigenvalue weighted by molar-refractivity contribution is 6.33. The molecule has 2 rings (SSSR count). The van der Waals surface area contributed by atoms with Crippen LogP contribution in [0.2, 0.25) is 5.02 Å². The number of rotatable bonds is 5. The molecule has 102 valence electrons. The van der Waals surface area contributed by atoms with Gasteiger partial charge < -0.3 is 10.6 Å². The highest BCUT2D eigenvalue weighted by atomic mass is 35.5.